The fourth-order valence-corrected chi connectivity index (χ4v) is 3.60. The van der Waals surface area contributed by atoms with Gasteiger partial charge in [0.15, 0.2) is 0 Å². The number of aryl methyl sites for hydroxylation is 1. The molecule has 0 saturated heterocycles. The Kier molecular flexibility index (Phi) is 4.54. The summed E-state index contributed by atoms with van der Waals surface area (Å²) < 4.78 is 13.2. The molecule has 6 heteroatoms. The number of aliphatic hydroxyl groups is 1. The number of aromatic nitrogens is 2. The summed E-state index contributed by atoms with van der Waals surface area (Å²) in [6.45, 7) is 4.07. The zero-order valence-electron chi connectivity index (χ0n) is 13.0. The average molecular weight is 331 g/mol. The zero-order valence-corrected chi connectivity index (χ0v) is 13.8. The number of hydrogen-bond donors (Lipinski definition) is 2. The number of thiophene rings is 1. The molecule has 4 nitrogen and oxygen atoms in total. The summed E-state index contributed by atoms with van der Waals surface area (Å²) in [5, 5.41) is 13.6. The van der Waals surface area contributed by atoms with Crippen LogP contribution >= 0.6 is 11.3 Å². The first kappa shape index (κ1) is 15.8. The number of nitrogens with zero attached hydrogens (tertiary/aromatic N) is 2. The van der Waals surface area contributed by atoms with E-state index >= 15 is 0 Å². The maximum atomic E-state index is 13.2. The number of rotatable bonds is 5. The van der Waals surface area contributed by atoms with E-state index in [0.717, 1.165) is 32.6 Å². The van der Waals surface area contributed by atoms with Crippen molar-refractivity contribution < 1.29 is 9.50 Å². The van der Waals surface area contributed by atoms with Crippen molar-refractivity contribution in [2.45, 2.75) is 26.3 Å². The molecule has 3 aromatic rings. The third kappa shape index (κ3) is 3.04. The van der Waals surface area contributed by atoms with Gasteiger partial charge in [-0.25, -0.2) is 14.4 Å². The van der Waals surface area contributed by atoms with E-state index in [0.29, 0.717) is 5.82 Å². The van der Waals surface area contributed by atoms with Crippen molar-refractivity contribution in [1.29, 1.82) is 0 Å². The first-order chi connectivity index (χ1) is 11.1. The number of aliphatic hydroxyl groups excluding tert-OH is 1. The molecule has 0 aliphatic carbocycles. The highest BCUT2D eigenvalue weighted by Crippen LogP contribution is 2.40. The van der Waals surface area contributed by atoms with Gasteiger partial charge in [-0.15, -0.1) is 11.3 Å². The predicted octanol–water partition coefficient (Wildman–Crippen LogP) is 3.99. The van der Waals surface area contributed by atoms with Crippen LogP contribution in [0.4, 0.5) is 10.2 Å². The predicted molar refractivity (Wildman–Crippen MR) is 92.3 cm³/mol. The van der Waals surface area contributed by atoms with E-state index in [4.69, 9.17) is 0 Å². The Bertz CT molecular complexity index is 813. The molecule has 1 aromatic carbocycles. The standard InChI is InChI=1S/C17H18FN3OS/c1-3-13(8-22)21-16-15-14(11-4-6-12(18)7-5-11)10(2)23-17(15)20-9-19-16/h4-7,9,13,22H,3,8H2,1-2H3,(H,19,20,21). The molecule has 2 N–H and O–H groups in total. The van der Waals surface area contributed by atoms with Gasteiger partial charge in [-0.1, -0.05) is 19.1 Å². The highest BCUT2D eigenvalue weighted by Gasteiger charge is 2.18. The van der Waals surface area contributed by atoms with E-state index in [2.05, 4.69) is 15.3 Å². The lowest BCUT2D eigenvalue weighted by molar-refractivity contribution is 0.271. The molecule has 0 radical (unpaired) electrons. The molecule has 120 valence electrons. The van der Waals surface area contributed by atoms with Crippen molar-refractivity contribution in [2.75, 3.05) is 11.9 Å². The van der Waals surface area contributed by atoms with Gasteiger partial charge in [0.05, 0.1) is 18.0 Å². The molecule has 3 rings (SSSR count). The minimum atomic E-state index is -0.258. The van der Waals surface area contributed by atoms with E-state index in [1.165, 1.54) is 18.5 Å². The Hall–Kier alpha value is -2.05. The monoisotopic (exact) mass is 331 g/mol. The minimum Gasteiger partial charge on any atom is -0.394 e. The van der Waals surface area contributed by atoms with Gasteiger partial charge in [0.25, 0.3) is 0 Å². The second kappa shape index (κ2) is 6.60. The second-order valence-corrected chi connectivity index (χ2v) is 6.58. The number of nitrogens with one attached hydrogen (secondary N) is 1. The summed E-state index contributed by atoms with van der Waals surface area (Å²) in [4.78, 5) is 10.7. The average Bonchev–Trinajstić information content (AvgIpc) is 2.90. The highest BCUT2D eigenvalue weighted by atomic mass is 32.1. The van der Waals surface area contributed by atoms with Crippen LogP contribution in [-0.2, 0) is 0 Å². The van der Waals surface area contributed by atoms with Gasteiger partial charge >= 0.3 is 0 Å². The van der Waals surface area contributed by atoms with E-state index in [1.807, 2.05) is 13.8 Å². The lowest BCUT2D eigenvalue weighted by Crippen LogP contribution is -2.23. The normalized spacial score (nSPS) is 12.5. The molecule has 0 aliphatic heterocycles. The fourth-order valence-electron chi connectivity index (χ4n) is 2.59. The van der Waals surface area contributed by atoms with E-state index < -0.39 is 0 Å². The summed E-state index contributed by atoms with van der Waals surface area (Å²) >= 11 is 1.59. The van der Waals surface area contributed by atoms with E-state index in [1.54, 1.807) is 23.5 Å². The summed E-state index contributed by atoms with van der Waals surface area (Å²) in [7, 11) is 0. The van der Waals surface area contributed by atoms with Crippen molar-refractivity contribution in [3.05, 3.63) is 41.3 Å². The van der Waals surface area contributed by atoms with Gasteiger partial charge in [-0.05, 0) is 31.0 Å². The van der Waals surface area contributed by atoms with Crippen LogP contribution in [0.25, 0.3) is 21.3 Å². The molecule has 0 bridgehead atoms. The van der Waals surface area contributed by atoms with Gasteiger partial charge in [0.1, 0.15) is 22.8 Å². The fraction of sp³-hybridized carbons (Fsp3) is 0.294. The quantitative estimate of drug-likeness (QED) is 0.742. The van der Waals surface area contributed by atoms with Crippen molar-refractivity contribution in [1.82, 2.24) is 9.97 Å². The molecule has 23 heavy (non-hydrogen) atoms. The minimum absolute atomic E-state index is 0.0387. The number of fused-ring (bicyclic) bond motifs is 1. The topological polar surface area (TPSA) is 58.0 Å². The summed E-state index contributed by atoms with van der Waals surface area (Å²) in [6, 6.07) is 6.39. The van der Waals surface area contributed by atoms with Gasteiger partial charge in [-0.3, -0.25) is 0 Å². The number of benzene rings is 1. The Morgan fingerprint density at radius 3 is 2.65 bits per heavy atom. The molecule has 0 saturated carbocycles. The van der Waals surface area contributed by atoms with Crippen LogP contribution in [0.2, 0.25) is 0 Å². The molecule has 1 unspecified atom stereocenters. The SMILES string of the molecule is CCC(CO)Nc1ncnc2sc(C)c(-c3ccc(F)cc3)c12. The maximum Gasteiger partial charge on any atom is 0.139 e. The highest BCUT2D eigenvalue weighted by molar-refractivity contribution is 7.19. The molecule has 2 heterocycles. The third-order valence-electron chi connectivity index (χ3n) is 3.85. The number of hydrogen-bond acceptors (Lipinski definition) is 5. The van der Waals surface area contributed by atoms with E-state index in [-0.39, 0.29) is 18.5 Å². The van der Waals surface area contributed by atoms with Gasteiger partial charge in [-0.2, -0.15) is 0 Å². The summed E-state index contributed by atoms with van der Waals surface area (Å²) in [5.74, 6) is 0.450. The molecule has 0 fully saturated rings. The van der Waals surface area contributed by atoms with Gasteiger partial charge < -0.3 is 10.4 Å². The molecular weight excluding hydrogens is 313 g/mol. The van der Waals surface area contributed by atoms with Crippen molar-refractivity contribution in [2.24, 2.45) is 0 Å². The van der Waals surface area contributed by atoms with Crippen LogP contribution in [0, 0.1) is 12.7 Å². The molecule has 0 aliphatic rings. The Balaban J connectivity index is 2.17. The summed E-state index contributed by atoms with van der Waals surface area (Å²) in [6.07, 6.45) is 2.32. The Morgan fingerprint density at radius 1 is 1.26 bits per heavy atom. The van der Waals surface area contributed by atoms with E-state index in [9.17, 15) is 9.50 Å². The van der Waals surface area contributed by atoms with Crippen molar-refractivity contribution in [3.63, 3.8) is 0 Å². The van der Waals surface area contributed by atoms with Gasteiger partial charge in [0, 0.05) is 10.4 Å². The molecule has 0 amide bonds. The van der Waals surface area contributed by atoms with Crippen LogP contribution in [0.15, 0.2) is 30.6 Å². The lowest BCUT2D eigenvalue weighted by atomic mass is 10.0. The molecule has 2 aromatic heterocycles. The van der Waals surface area contributed by atoms with Crippen LogP contribution in [-0.4, -0.2) is 27.7 Å². The molecule has 1 atom stereocenters. The third-order valence-corrected chi connectivity index (χ3v) is 4.86. The van der Waals surface area contributed by atoms with Crippen LogP contribution in [0.5, 0.6) is 0 Å². The lowest BCUT2D eigenvalue weighted by Gasteiger charge is -2.16. The first-order valence-corrected chi connectivity index (χ1v) is 8.33. The van der Waals surface area contributed by atoms with Crippen molar-refractivity contribution >= 4 is 27.4 Å². The maximum absolute atomic E-state index is 13.2. The smallest absolute Gasteiger partial charge is 0.139 e. The zero-order chi connectivity index (χ0) is 16.4. The number of anilines is 1. The molecular formula is C17H18FN3OS. The van der Waals surface area contributed by atoms with Crippen LogP contribution in [0.1, 0.15) is 18.2 Å². The number of halogens is 1. The Morgan fingerprint density at radius 2 is 2.00 bits per heavy atom. The van der Waals surface area contributed by atoms with Crippen molar-refractivity contribution in [3.8, 4) is 11.1 Å². The summed E-state index contributed by atoms with van der Waals surface area (Å²) in [5.41, 5.74) is 1.95. The van der Waals surface area contributed by atoms with Crippen LogP contribution < -0.4 is 5.32 Å². The Labute approximate surface area is 138 Å². The molecule has 0 spiro atoms. The second-order valence-electron chi connectivity index (χ2n) is 5.37. The first-order valence-electron chi connectivity index (χ1n) is 7.51. The van der Waals surface area contributed by atoms with Crippen LogP contribution in [0.3, 0.4) is 0 Å². The van der Waals surface area contributed by atoms with Gasteiger partial charge in [0.2, 0.25) is 0 Å². The largest absolute Gasteiger partial charge is 0.394 e.